The number of ether oxygens (including phenoxy) is 2. The SMILES string of the molecule is COc1ncccc1C(=O)NCC(c1cccs1)N1CCOCC1. The van der Waals surface area contributed by atoms with E-state index in [2.05, 4.69) is 26.6 Å². The highest BCUT2D eigenvalue weighted by Crippen LogP contribution is 2.25. The first-order valence-corrected chi connectivity index (χ1v) is 8.80. The molecule has 3 heterocycles. The maximum absolute atomic E-state index is 12.5. The van der Waals surface area contributed by atoms with E-state index >= 15 is 0 Å². The normalized spacial score (nSPS) is 16.5. The Morgan fingerprint density at radius 3 is 2.96 bits per heavy atom. The number of thiophene rings is 1. The molecule has 1 amide bonds. The Kier molecular flexibility index (Phi) is 5.79. The lowest BCUT2D eigenvalue weighted by atomic mass is 10.1. The number of pyridine rings is 1. The molecule has 1 aliphatic heterocycles. The number of methoxy groups -OCH3 is 1. The van der Waals surface area contributed by atoms with Crippen molar-refractivity contribution >= 4 is 17.2 Å². The number of nitrogens with one attached hydrogen (secondary N) is 1. The quantitative estimate of drug-likeness (QED) is 0.865. The van der Waals surface area contributed by atoms with Crippen LogP contribution in [-0.4, -0.2) is 55.7 Å². The molecule has 1 atom stereocenters. The van der Waals surface area contributed by atoms with Crippen LogP contribution in [0.1, 0.15) is 21.3 Å². The van der Waals surface area contributed by atoms with Crippen LogP contribution in [0, 0.1) is 0 Å². The summed E-state index contributed by atoms with van der Waals surface area (Å²) < 4.78 is 10.6. The highest BCUT2D eigenvalue weighted by Gasteiger charge is 2.24. The molecule has 128 valence electrons. The standard InChI is InChI=1S/C17H21N3O3S/c1-22-17-13(4-2-6-18-17)16(21)19-12-14(15-5-3-11-24-15)20-7-9-23-10-8-20/h2-6,11,14H,7-10,12H2,1H3,(H,19,21). The second-order valence-electron chi connectivity index (χ2n) is 5.45. The Balaban J connectivity index is 1.70. The average molecular weight is 347 g/mol. The number of aromatic nitrogens is 1. The van der Waals surface area contributed by atoms with Crippen molar-refractivity contribution in [2.75, 3.05) is 40.0 Å². The van der Waals surface area contributed by atoms with Crippen molar-refractivity contribution in [1.29, 1.82) is 0 Å². The lowest BCUT2D eigenvalue weighted by Gasteiger charge is -2.34. The topological polar surface area (TPSA) is 63.7 Å². The van der Waals surface area contributed by atoms with Gasteiger partial charge < -0.3 is 14.8 Å². The molecule has 6 nitrogen and oxygen atoms in total. The summed E-state index contributed by atoms with van der Waals surface area (Å²) in [6.45, 7) is 3.74. The van der Waals surface area contributed by atoms with Gasteiger partial charge in [0.1, 0.15) is 5.56 Å². The fourth-order valence-electron chi connectivity index (χ4n) is 2.79. The maximum atomic E-state index is 12.5. The molecule has 0 radical (unpaired) electrons. The van der Waals surface area contributed by atoms with Crippen LogP contribution in [0.25, 0.3) is 0 Å². The van der Waals surface area contributed by atoms with E-state index < -0.39 is 0 Å². The number of nitrogens with zero attached hydrogens (tertiary/aromatic N) is 2. The molecule has 1 aliphatic rings. The summed E-state index contributed by atoms with van der Waals surface area (Å²) in [5.74, 6) is 0.170. The van der Waals surface area contributed by atoms with Gasteiger partial charge in [-0.15, -0.1) is 11.3 Å². The molecule has 1 N–H and O–H groups in total. The van der Waals surface area contributed by atoms with E-state index in [-0.39, 0.29) is 11.9 Å². The molecule has 0 saturated carbocycles. The summed E-state index contributed by atoms with van der Waals surface area (Å²) in [5.41, 5.74) is 0.451. The van der Waals surface area contributed by atoms with E-state index in [0.29, 0.717) is 18.0 Å². The predicted octanol–water partition coefficient (Wildman–Crippen LogP) is 1.96. The minimum absolute atomic E-state index is 0.153. The molecular formula is C17H21N3O3S. The van der Waals surface area contributed by atoms with Crippen molar-refractivity contribution in [1.82, 2.24) is 15.2 Å². The molecular weight excluding hydrogens is 326 g/mol. The fourth-order valence-corrected chi connectivity index (χ4v) is 3.65. The Hall–Kier alpha value is -1.96. The van der Waals surface area contributed by atoms with E-state index in [1.165, 1.54) is 12.0 Å². The third-order valence-corrected chi connectivity index (χ3v) is 5.00. The van der Waals surface area contributed by atoms with Crippen LogP contribution in [0.15, 0.2) is 35.8 Å². The molecule has 0 spiro atoms. The van der Waals surface area contributed by atoms with Gasteiger partial charge in [-0.3, -0.25) is 9.69 Å². The lowest BCUT2D eigenvalue weighted by Crippen LogP contribution is -2.43. The van der Waals surface area contributed by atoms with Gasteiger partial charge in [-0.2, -0.15) is 0 Å². The van der Waals surface area contributed by atoms with Gasteiger partial charge in [0.15, 0.2) is 0 Å². The van der Waals surface area contributed by atoms with Gasteiger partial charge in [0.05, 0.1) is 26.4 Å². The van der Waals surface area contributed by atoms with Crippen LogP contribution in [-0.2, 0) is 4.74 Å². The maximum Gasteiger partial charge on any atom is 0.256 e. The van der Waals surface area contributed by atoms with Crippen molar-refractivity contribution in [3.63, 3.8) is 0 Å². The van der Waals surface area contributed by atoms with Gasteiger partial charge in [0, 0.05) is 30.7 Å². The minimum Gasteiger partial charge on any atom is -0.480 e. The molecule has 3 rings (SSSR count). The summed E-state index contributed by atoms with van der Waals surface area (Å²) in [6, 6.07) is 7.76. The van der Waals surface area contributed by atoms with Crippen LogP contribution in [0.2, 0.25) is 0 Å². The molecule has 7 heteroatoms. The van der Waals surface area contributed by atoms with E-state index in [0.717, 1.165) is 26.3 Å². The Morgan fingerprint density at radius 1 is 1.42 bits per heavy atom. The number of morpholine rings is 1. The van der Waals surface area contributed by atoms with Gasteiger partial charge >= 0.3 is 0 Å². The number of rotatable bonds is 6. The molecule has 1 fully saturated rings. The highest BCUT2D eigenvalue weighted by atomic mass is 32.1. The molecule has 0 aliphatic carbocycles. The highest BCUT2D eigenvalue weighted by molar-refractivity contribution is 7.10. The monoisotopic (exact) mass is 347 g/mol. The van der Waals surface area contributed by atoms with Gasteiger partial charge in [-0.05, 0) is 23.6 Å². The van der Waals surface area contributed by atoms with Crippen LogP contribution in [0.4, 0.5) is 0 Å². The summed E-state index contributed by atoms with van der Waals surface area (Å²) in [7, 11) is 1.52. The van der Waals surface area contributed by atoms with Crippen LogP contribution < -0.4 is 10.1 Å². The van der Waals surface area contributed by atoms with Gasteiger partial charge in [-0.1, -0.05) is 6.07 Å². The predicted molar refractivity (Wildman–Crippen MR) is 92.6 cm³/mol. The third kappa shape index (κ3) is 3.92. The molecule has 2 aromatic heterocycles. The molecule has 1 saturated heterocycles. The first-order chi connectivity index (χ1) is 11.8. The Morgan fingerprint density at radius 2 is 2.25 bits per heavy atom. The largest absolute Gasteiger partial charge is 0.480 e. The second kappa shape index (κ2) is 8.23. The van der Waals surface area contributed by atoms with E-state index in [9.17, 15) is 4.79 Å². The van der Waals surface area contributed by atoms with Gasteiger partial charge in [0.25, 0.3) is 5.91 Å². The van der Waals surface area contributed by atoms with Crippen molar-refractivity contribution in [2.24, 2.45) is 0 Å². The van der Waals surface area contributed by atoms with Crippen LogP contribution >= 0.6 is 11.3 Å². The zero-order valence-corrected chi connectivity index (χ0v) is 14.4. The Bertz CT molecular complexity index is 657. The first kappa shape index (κ1) is 16.9. The van der Waals surface area contributed by atoms with Gasteiger partial charge in [-0.25, -0.2) is 4.98 Å². The number of hydrogen-bond donors (Lipinski definition) is 1. The summed E-state index contributed by atoms with van der Waals surface area (Å²) in [6.07, 6.45) is 1.61. The van der Waals surface area contributed by atoms with E-state index in [1.54, 1.807) is 29.7 Å². The first-order valence-electron chi connectivity index (χ1n) is 7.92. The number of carbonyl (C=O) groups is 1. The van der Waals surface area contributed by atoms with Crippen molar-refractivity contribution < 1.29 is 14.3 Å². The lowest BCUT2D eigenvalue weighted by molar-refractivity contribution is 0.0169. The molecule has 1 unspecified atom stereocenters. The summed E-state index contributed by atoms with van der Waals surface area (Å²) in [4.78, 5) is 20.2. The Labute approximate surface area is 145 Å². The smallest absolute Gasteiger partial charge is 0.256 e. The summed E-state index contributed by atoms with van der Waals surface area (Å²) in [5, 5.41) is 5.09. The van der Waals surface area contributed by atoms with Crippen molar-refractivity contribution in [2.45, 2.75) is 6.04 Å². The molecule has 0 bridgehead atoms. The third-order valence-electron chi connectivity index (χ3n) is 4.02. The van der Waals surface area contributed by atoms with Crippen molar-refractivity contribution in [3.05, 3.63) is 46.3 Å². The molecule has 2 aromatic rings. The van der Waals surface area contributed by atoms with Crippen LogP contribution in [0.3, 0.4) is 0 Å². The minimum atomic E-state index is -0.172. The fraction of sp³-hybridized carbons (Fsp3) is 0.412. The number of hydrogen-bond acceptors (Lipinski definition) is 6. The average Bonchev–Trinajstić information content (AvgIpc) is 3.17. The van der Waals surface area contributed by atoms with Gasteiger partial charge in [0.2, 0.25) is 5.88 Å². The second-order valence-corrected chi connectivity index (χ2v) is 6.43. The molecule has 24 heavy (non-hydrogen) atoms. The number of carbonyl (C=O) groups excluding carboxylic acids is 1. The zero-order chi connectivity index (χ0) is 16.8. The molecule has 0 aromatic carbocycles. The van der Waals surface area contributed by atoms with Crippen LogP contribution in [0.5, 0.6) is 5.88 Å². The number of amides is 1. The van der Waals surface area contributed by atoms with Crippen molar-refractivity contribution in [3.8, 4) is 5.88 Å². The van der Waals surface area contributed by atoms with E-state index in [4.69, 9.17) is 9.47 Å². The van der Waals surface area contributed by atoms with E-state index in [1.807, 2.05) is 6.07 Å². The zero-order valence-electron chi connectivity index (χ0n) is 13.6. The summed E-state index contributed by atoms with van der Waals surface area (Å²) >= 11 is 1.71.